The Morgan fingerprint density at radius 2 is 1.18 bits per heavy atom. The molecular weight excluding hydrogens is 1010 g/mol. The van der Waals surface area contributed by atoms with Crippen LogP contribution in [0, 0.1) is 37.8 Å². The molecule has 2 aromatic heterocycles. The molecule has 0 saturated carbocycles. The van der Waals surface area contributed by atoms with Gasteiger partial charge in [-0.15, -0.1) is 10.4 Å². The van der Waals surface area contributed by atoms with Crippen molar-refractivity contribution in [3.63, 3.8) is 0 Å². The molecule has 27 nitrogen and oxygen atoms in total. The molecule has 3 aliphatic heterocycles. The maximum absolute atomic E-state index is 12.5. The van der Waals surface area contributed by atoms with E-state index in [4.69, 9.17) is 32.4 Å². The Balaban J connectivity index is 0.000000253. The van der Waals surface area contributed by atoms with E-state index in [-0.39, 0.29) is 83.6 Å². The number of aryl methyl sites for hydroxylation is 4. The molecule has 7 amide bonds. The normalized spacial score (nSPS) is 16.4. The van der Waals surface area contributed by atoms with Crippen LogP contribution < -0.4 is 85.0 Å². The summed E-state index contributed by atoms with van der Waals surface area (Å²) in [5.74, 6) is -4.29. The van der Waals surface area contributed by atoms with E-state index in [0.29, 0.717) is 63.6 Å². The summed E-state index contributed by atoms with van der Waals surface area (Å²) in [7, 11) is 0. The summed E-state index contributed by atoms with van der Waals surface area (Å²) in [6, 6.07) is 18.8. The summed E-state index contributed by atoms with van der Waals surface area (Å²) in [5.41, 5.74) is 20.8. The number of H-pyrrole nitrogens is 1. The molecule has 0 aliphatic carbocycles. The molecule has 4 aromatic carbocycles. The van der Waals surface area contributed by atoms with E-state index in [1.807, 2.05) is 0 Å². The van der Waals surface area contributed by atoms with Crippen LogP contribution in [0.3, 0.4) is 0 Å². The predicted molar refractivity (Wildman–Crippen MR) is 269 cm³/mol. The molecule has 3 unspecified atom stereocenters. The Morgan fingerprint density at radius 1 is 0.697 bits per heavy atom. The number of piperidine rings is 3. The van der Waals surface area contributed by atoms with Crippen LogP contribution in [0.15, 0.2) is 96.9 Å². The SMILES string of the molecule is Cc1cccc(N)c1C(=O)NC1CCC(=O)NC1=O.Cc1cccc(N)c1C(=O)O.Cc1cccc2[nH]c(=O)oc(=O)c12.Cc1cccc2nnn(C3CCC(=O)NC3=O)c(=O)c12.NC1CCC(=O)NC1=O.O=N[O-].[Na+]. The topological polar surface area (TPSA) is 446 Å². The third-order valence-electron chi connectivity index (χ3n) is 11.2. The second-order valence-electron chi connectivity index (χ2n) is 16.6. The Kier molecular flexibility index (Phi) is 23.2. The van der Waals surface area contributed by atoms with Gasteiger partial charge in [0.25, 0.3) is 17.4 Å². The van der Waals surface area contributed by atoms with Crippen molar-refractivity contribution in [1.29, 1.82) is 0 Å². The number of aromatic carboxylic acids is 1. The van der Waals surface area contributed by atoms with E-state index in [2.05, 4.69) is 41.0 Å². The van der Waals surface area contributed by atoms with E-state index < -0.39 is 53.2 Å². The maximum Gasteiger partial charge on any atom is 1.00 e. The quantitative estimate of drug-likeness (QED) is 0.0311. The summed E-state index contributed by atoms with van der Waals surface area (Å²) in [6.07, 6.45) is 1.83. The van der Waals surface area contributed by atoms with Crippen molar-refractivity contribution in [1.82, 2.24) is 41.2 Å². The molecule has 0 radical (unpaired) electrons. The van der Waals surface area contributed by atoms with Crippen molar-refractivity contribution in [2.75, 3.05) is 11.5 Å². The van der Waals surface area contributed by atoms with Gasteiger partial charge in [0.1, 0.15) is 17.6 Å². The molecule has 12 N–H and O–H groups in total. The van der Waals surface area contributed by atoms with Gasteiger partial charge in [-0.2, -0.15) is 4.68 Å². The van der Waals surface area contributed by atoms with Gasteiger partial charge < -0.3 is 42.2 Å². The molecule has 76 heavy (non-hydrogen) atoms. The first-order chi connectivity index (χ1) is 35.5. The van der Waals surface area contributed by atoms with Crippen molar-refractivity contribution in [2.45, 2.75) is 84.3 Å². The summed E-state index contributed by atoms with van der Waals surface area (Å²) >= 11 is 0. The molecule has 3 fully saturated rings. The van der Waals surface area contributed by atoms with E-state index in [9.17, 15) is 52.7 Å². The minimum Gasteiger partial charge on any atom is -0.478 e. The fourth-order valence-electron chi connectivity index (χ4n) is 7.45. The number of hydrogen-bond acceptors (Lipinski definition) is 20. The number of nitrogens with one attached hydrogen (secondary N) is 5. The van der Waals surface area contributed by atoms with Crippen LogP contribution in [0.1, 0.15) is 87.5 Å². The largest absolute Gasteiger partial charge is 1.00 e. The van der Waals surface area contributed by atoms with Crippen molar-refractivity contribution in [2.24, 2.45) is 11.1 Å². The predicted octanol–water partition coefficient (Wildman–Crippen LogP) is -1.74. The molecule has 394 valence electrons. The zero-order valence-corrected chi connectivity index (χ0v) is 43.6. The Labute approximate surface area is 451 Å². The fourth-order valence-corrected chi connectivity index (χ4v) is 7.45. The van der Waals surface area contributed by atoms with Gasteiger partial charge in [-0.3, -0.25) is 59.3 Å². The van der Waals surface area contributed by atoms with E-state index in [1.54, 1.807) is 100 Å². The van der Waals surface area contributed by atoms with Gasteiger partial charge in [-0.25, -0.2) is 14.4 Å². The zero-order valence-electron chi connectivity index (χ0n) is 41.6. The molecular formula is C48H51N12NaO15. The summed E-state index contributed by atoms with van der Waals surface area (Å²) in [4.78, 5) is 134. The van der Waals surface area contributed by atoms with Gasteiger partial charge in [-0.1, -0.05) is 53.7 Å². The standard InChI is InChI=1S/C13H12N4O3.C13H15N3O3.C9H7NO3.C8H9NO2.C5H8N2O2.HNO2.Na/c1-7-3-2-4-8-11(7)13(20)17(16-15-8)9-5-6-10(18)14-12(9)19;1-7-3-2-4-8(14)11(7)13(19)15-9-5-6-10(17)16-12(9)18;1-5-3-2-4-6-7(5)8(11)13-9(12)10-6;1-5-3-2-4-6(9)7(5)8(10)11;6-3-1-2-4(8)7-5(3)9;2-1-3;/h2-4,9H,5-6H2,1H3,(H,14,18,19);2-4,9H,5-6,14H2,1H3,(H,15,19)(H,16,17,18);2-4H,1H3,(H,10,12);2-4H,9H2,1H3,(H,10,11);3H,1-2,6H2,(H,7,8,9);(H,2,3);/q;;;;;;+1/p-1. The minimum atomic E-state index is -0.972. The third-order valence-corrected chi connectivity index (χ3v) is 11.2. The van der Waals surface area contributed by atoms with E-state index in [0.717, 1.165) is 26.7 Å². The van der Waals surface area contributed by atoms with Crippen LogP contribution in [-0.4, -0.2) is 84.5 Å². The Bertz CT molecular complexity index is 3340. The van der Waals surface area contributed by atoms with Crippen LogP contribution in [-0.2, 0) is 28.8 Å². The number of aromatic nitrogens is 4. The Hall–Kier alpha value is -8.79. The number of carbonyl (C=O) groups excluding carboxylic acids is 7. The van der Waals surface area contributed by atoms with Gasteiger partial charge in [0.15, 0.2) is 0 Å². The number of amides is 7. The molecule has 0 bridgehead atoms. The summed E-state index contributed by atoms with van der Waals surface area (Å²) in [6.45, 7) is 7.09. The average Bonchev–Trinajstić information content (AvgIpc) is 3.32. The monoisotopic (exact) mass is 1060 g/mol. The number of benzene rings is 4. The summed E-state index contributed by atoms with van der Waals surface area (Å²) in [5, 5.41) is 35.5. The number of nitrogens with zero attached hydrogens (tertiary/aromatic N) is 4. The number of anilines is 2. The number of imide groups is 3. The molecule has 3 atom stereocenters. The van der Waals surface area contributed by atoms with E-state index >= 15 is 0 Å². The van der Waals surface area contributed by atoms with Gasteiger partial charge >= 0.3 is 46.9 Å². The van der Waals surface area contributed by atoms with Crippen molar-refractivity contribution in [3.8, 4) is 0 Å². The number of carbonyl (C=O) groups is 8. The van der Waals surface area contributed by atoms with Crippen LogP contribution in [0.4, 0.5) is 11.4 Å². The molecule has 6 aromatic rings. The number of rotatable bonds is 4. The van der Waals surface area contributed by atoms with Gasteiger partial charge in [0, 0.05) is 30.6 Å². The second-order valence-corrected chi connectivity index (χ2v) is 16.6. The van der Waals surface area contributed by atoms with E-state index in [1.165, 1.54) is 0 Å². The molecule has 28 heteroatoms. The second kappa shape index (κ2) is 28.6. The fraction of sp³-hybridized carbons (Fsp3) is 0.271. The number of fused-ring (bicyclic) bond motifs is 2. The van der Waals surface area contributed by atoms with Gasteiger partial charge in [-0.05, 0) is 93.5 Å². The smallest absolute Gasteiger partial charge is 0.478 e. The third kappa shape index (κ3) is 16.6. The first-order valence-electron chi connectivity index (χ1n) is 22.4. The van der Waals surface area contributed by atoms with Crippen LogP contribution >= 0.6 is 0 Å². The molecule has 5 heterocycles. The molecule has 3 aliphatic rings. The number of carboxylic acid groups (broad SMARTS) is 1. The number of nitrogens with two attached hydrogens (primary N) is 3. The number of hydrogen-bond donors (Lipinski definition) is 9. The van der Waals surface area contributed by atoms with Crippen molar-refractivity contribution >= 4 is 80.5 Å². The summed E-state index contributed by atoms with van der Waals surface area (Å²) < 4.78 is 5.47. The van der Waals surface area contributed by atoms with Gasteiger partial charge in [0.2, 0.25) is 29.5 Å². The first-order valence-corrected chi connectivity index (χ1v) is 22.4. The number of carboxylic acids is 1. The minimum absolute atomic E-state index is 0. The van der Waals surface area contributed by atoms with Crippen molar-refractivity contribution < 1.29 is 77.4 Å². The Morgan fingerprint density at radius 3 is 1.70 bits per heavy atom. The number of nitrogen functional groups attached to an aromatic ring is 2. The number of aromatic amines is 1. The van der Waals surface area contributed by atoms with Gasteiger partial charge in [0.05, 0.1) is 33.5 Å². The molecule has 0 spiro atoms. The van der Waals surface area contributed by atoms with Crippen LogP contribution in [0.5, 0.6) is 0 Å². The molecule has 3 saturated heterocycles. The maximum atomic E-state index is 12.5. The first kappa shape index (κ1) is 61.5. The van der Waals surface area contributed by atoms with Crippen LogP contribution in [0.2, 0.25) is 0 Å². The van der Waals surface area contributed by atoms with Crippen LogP contribution in [0.25, 0.3) is 21.8 Å². The van der Waals surface area contributed by atoms with Crippen molar-refractivity contribution in [3.05, 3.63) is 148 Å². The molecule has 9 rings (SSSR count). The zero-order chi connectivity index (χ0) is 55.7. The average molecular weight is 1060 g/mol.